The van der Waals surface area contributed by atoms with Gasteiger partial charge in [-0.1, -0.05) is 6.07 Å². The first-order valence-corrected chi connectivity index (χ1v) is 6.45. The van der Waals surface area contributed by atoms with Gasteiger partial charge in [-0.05, 0) is 30.3 Å². The normalized spacial score (nSPS) is 11.2. The van der Waals surface area contributed by atoms with Gasteiger partial charge in [-0.3, -0.25) is 4.72 Å². The molecular weight excluding hydrogens is 257 g/mol. The molecule has 0 saturated carbocycles. The summed E-state index contributed by atoms with van der Waals surface area (Å²) in [6, 6.07) is 7.87. The van der Waals surface area contributed by atoms with Gasteiger partial charge in [0.05, 0.1) is 4.90 Å². The molecule has 0 spiro atoms. The predicted molar refractivity (Wildman–Crippen MR) is 65.9 cm³/mol. The van der Waals surface area contributed by atoms with Gasteiger partial charge in [-0.25, -0.2) is 17.8 Å². The summed E-state index contributed by atoms with van der Waals surface area (Å²) < 4.78 is 39.2. The highest BCUT2D eigenvalue weighted by Crippen LogP contribution is 2.18. The van der Waals surface area contributed by atoms with Gasteiger partial charge in [0.2, 0.25) is 0 Å². The van der Waals surface area contributed by atoms with Crippen LogP contribution in [0.3, 0.4) is 0 Å². The van der Waals surface area contributed by atoms with Crippen LogP contribution in [0.5, 0.6) is 0 Å². The van der Waals surface area contributed by atoms with Crippen LogP contribution in [-0.4, -0.2) is 13.4 Å². The van der Waals surface area contributed by atoms with Crippen molar-refractivity contribution in [1.82, 2.24) is 4.98 Å². The molecule has 3 N–H and O–H groups in total. The van der Waals surface area contributed by atoms with Crippen molar-refractivity contribution in [3.8, 4) is 0 Å². The lowest BCUT2D eigenvalue weighted by Gasteiger charge is -2.07. The maximum Gasteiger partial charge on any atom is 0.263 e. The summed E-state index contributed by atoms with van der Waals surface area (Å²) in [4.78, 5) is 3.57. The second-order valence-electron chi connectivity index (χ2n) is 3.54. The van der Waals surface area contributed by atoms with E-state index in [4.69, 9.17) is 5.73 Å². The third-order valence-corrected chi connectivity index (χ3v) is 3.44. The molecule has 0 aliphatic heterocycles. The Balaban J connectivity index is 2.37. The van der Waals surface area contributed by atoms with Gasteiger partial charge < -0.3 is 5.73 Å². The van der Waals surface area contributed by atoms with Gasteiger partial charge in [0.25, 0.3) is 10.0 Å². The Hall–Kier alpha value is -2.15. The number of nitrogens with one attached hydrogen (secondary N) is 1. The summed E-state index contributed by atoms with van der Waals surface area (Å²) >= 11 is 0. The van der Waals surface area contributed by atoms with Crippen LogP contribution in [0.2, 0.25) is 0 Å². The number of benzene rings is 1. The molecule has 5 nitrogen and oxygen atoms in total. The molecule has 0 atom stereocenters. The highest BCUT2D eigenvalue weighted by molar-refractivity contribution is 7.92. The smallest absolute Gasteiger partial charge is 0.263 e. The number of nitrogens with two attached hydrogens (primary N) is 1. The largest absolute Gasteiger partial charge is 0.399 e. The fourth-order valence-corrected chi connectivity index (χ4v) is 2.43. The van der Waals surface area contributed by atoms with Crippen molar-refractivity contribution >= 4 is 21.5 Å². The molecule has 0 unspecified atom stereocenters. The summed E-state index contributed by atoms with van der Waals surface area (Å²) in [7, 11) is -3.89. The van der Waals surface area contributed by atoms with E-state index >= 15 is 0 Å². The number of nitrogens with zero attached hydrogens (tertiary/aromatic N) is 1. The Morgan fingerprint density at radius 1 is 1.22 bits per heavy atom. The molecule has 7 heteroatoms. The zero-order chi connectivity index (χ0) is 13.2. The molecule has 18 heavy (non-hydrogen) atoms. The molecule has 1 aromatic carbocycles. The molecule has 1 heterocycles. The first-order chi connectivity index (χ1) is 8.47. The number of pyridine rings is 1. The molecule has 0 fully saturated rings. The minimum Gasteiger partial charge on any atom is -0.399 e. The molecule has 2 aromatic rings. The average molecular weight is 267 g/mol. The molecule has 0 aliphatic carbocycles. The maximum atomic E-state index is 13.1. The fourth-order valence-electron chi connectivity index (χ4n) is 1.36. The molecule has 2 rings (SSSR count). The summed E-state index contributed by atoms with van der Waals surface area (Å²) in [5.41, 5.74) is 5.44. The third kappa shape index (κ3) is 2.75. The predicted octanol–water partition coefficient (Wildman–Crippen LogP) is 1.60. The van der Waals surface area contributed by atoms with Gasteiger partial charge in [-0.2, -0.15) is 0 Å². The van der Waals surface area contributed by atoms with E-state index in [2.05, 4.69) is 9.71 Å². The Labute approximate surface area is 104 Å². The summed E-state index contributed by atoms with van der Waals surface area (Å²) in [5, 5.41) is 0. The highest BCUT2D eigenvalue weighted by atomic mass is 32.2. The van der Waals surface area contributed by atoms with E-state index in [1.807, 2.05) is 0 Å². The molecule has 1 aromatic heterocycles. The standard InChI is InChI=1S/C11H10FN3O2S/c12-8-5-9(13)7-10(6-8)18(16,17)15-11-3-1-2-4-14-11/h1-7H,13H2,(H,14,15). The second kappa shape index (κ2) is 4.61. The Morgan fingerprint density at radius 3 is 2.61 bits per heavy atom. The molecule has 0 bridgehead atoms. The number of anilines is 2. The first kappa shape index (κ1) is 12.3. The van der Waals surface area contributed by atoms with Crippen LogP contribution in [0.15, 0.2) is 47.5 Å². The van der Waals surface area contributed by atoms with E-state index in [0.29, 0.717) is 0 Å². The molecule has 0 amide bonds. The number of hydrogen-bond acceptors (Lipinski definition) is 4. The van der Waals surface area contributed by atoms with Crippen LogP contribution in [0.25, 0.3) is 0 Å². The van der Waals surface area contributed by atoms with Crippen LogP contribution >= 0.6 is 0 Å². The zero-order valence-electron chi connectivity index (χ0n) is 9.17. The van der Waals surface area contributed by atoms with Crippen molar-refractivity contribution in [3.05, 3.63) is 48.4 Å². The van der Waals surface area contributed by atoms with Crippen LogP contribution in [0.1, 0.15) is 0 Å². The Bertz CT molecular complexity index is 639. The lowest BCUT2D eigenvalue weighted by Crippen LogP contribution is -2.14. The number of aromatic nitrogens is 1. The van der Waals surface area contributed by atoms with Gasteiger partial charge in [0.15, 0.2) is 0 Å². The quantitative estimate of drug-likeness (QED) is 0.827. The minimum absolute atomic E-state index is 0.0383. The van der Waals surface area contributed by atoms with Crippen molar-refractivity contribution in [2.75, 3.05) is 10.5 Å². The van der Waals surface area contributed by atoms with E-state index in [9.17, 15) is 12.8 Å². The Kier molecular flexibility index (Phi) is 3.15. The monoisotopic (exact) mass is 267 g/mol. The van der Waals surface area contributed by atoms with E-state index in [1.165, 1.54) is 18.3 Å². The van der Waals surface area contributed by atoms with Crippen molar-refractivity contribution < 1.29 is 12.8 Å². The first-order valence-electron chi connectivity index (χ1n) is 4.97. The number of nitrogen functional groups attached to an aromatic ring is 1. The highest BCUT2D eigenvalue weighted by Gasteiger charge is 2.16. The lowest BCUT2D eigenvalue weighted by molar-refractivity contribution is 0.595. The van der Waals surface area contributed by atoms with Crippen LogP contribution in [0.4, 0.5) is 15.9 Å². The van der Waals surface area contributed by atoms with Gasteiger partial charge in [0.1, 0.15) is 11.6 Å². The second-order valence-corrected chi connectivity index (χ2v) is 5.22. The van der Waals surface area contributed by atoms with E-state index < -0.39 is 15.8 Å². The number of sulfonamides is 1. The third-order valence-electron chi connectivity index (χ3n) is 2.11. The zero-order valence-corrected chi connectivity index (χ0v) is 9.99. The van der Waals surface area contributed by atoms with E-state index in [0.717, 1.165) is 12.1 Å². The van der Waals surface area contributed by atoms with Gasteiger partial charge >= 0.3 is 0 Å². The molecule has 0 radical (unpaired) electrons. The summed E-state index contributed by atoms with van der Waals surface area (Å²) in [6.45, 7) is 0. The topological polar surface area (TPSA) is 85.1 Å². The summed E-state index contributed by atoms with van der Waals surface area (Å²) in [5.74, 6) is -0.559. The fraction of sp³-hybridized carbons (Fsp3) is 0. The van der Waals surface area contributed by atoms with Crippen molar-refractivity contribution in [3.63, 3.8) is 0 Å². The maximum absolute atomic E-state index is 13.1. The van der Waals surface area contributed by atoms with E-state index in [-0.39, 0.29) is 16.4 Å². The molecule has 94 valence electrons. The van der Waals surface area contributed by atoms with Crippen molar-refractivity contribution in [2.24, 2.45) is 0 Å². The molecule has 0 aliphatic rings. The van der Waals surface area contributed by atoms with Crippen molar-refractivity contribution in [2.45, 2.75) is 4.90 Å². The van der Waals surface area contributed by atoms with Crippen LogP contribution < -0.4 is 10.5 Å². The van der Waals surface area contributed by atoms with Gasteiger partial charge in [0, 0.05) is 11.9 Å². The van der Waals surface area contributed by atoms with Crippen LogP contribution in [-0.2, 0) is 10.0 Å². The average Bonchev–Trinajstić information content (AvgIpc) is 2.28. The number of hydrogen-bond donors (Lipinski definition) is 2. The molecular formula is C11H10FN3O2S. The lowest BCUT2D eigenvalue weighted by atomic mass is 10.3. The minimum atomic E-state index is -3.89. The number of rotatable bonds is 3. The van der Waals surface area contributed by atoms with Gasteiger partial charge in [-0.15, -0.1) is 0 Å². The SMILES string of the molecule is Nc1cc(F)cc(S(=O)(=O)Nc2ccccn2)c1. The van der Waals surface area contributed by atoms with Crippen LogP contribution in [0, 0.1) is 5.82 Å². The van der Waals surface area contributed by atoms with E-state index in [1.54, 1.807) is 12.1 Å². The van der Waals surface area contributed by atoms with Crippen molar-refractivity contribution in [1.29, 1.82) is 0 Å². The Morgan fingerprint density at radius 2 is 2.00 bits per heavy atom. The molecule has 0 saturated heterocycles. The number of halogens is 1. The summed E-state index contributed by atoms with van der Waals surface area (Å²) in [6.07, 6.45) is 1.44.